The number of carbonyl (C=O) groups is 2. The van der Waals surface area contributed by atoms with Crippen molar-refractivity contribution >= 4 is 11.9 Å². The van der Waals surface area contributed by atoms with E-state index in [4.69, 9.17) is 0 Å². The summed E-state index contributed by atoms with van der Waals surface area (Å²) in [4.78, 5) is 23.5. The Hall–Kier alpha value is -2.81. The lowest BCUT2D eigenvalue weighted by Gasteiger charge is -2.25. The first-order valence-corrected chi connectivity index (χ1v) is 6.63. The smallest absolute Gasteiger partial charge is 0.319 e. The molecule has 1 aromatic rings. The number of amides is 3. The van der Waals surface area contributed by atoms with E-state index in [2.05, 4.69) is 22.0 Å². The number of rotatable bonds is 3. The topological polar surface area (TPSA) is 94.0 Å². The van der Waals surface area contributed by atoms with Gasteiger partial charge in [0.25, 0.3) is 5.91 Å². The highest BCUT2D eigenvalue weighted by molar-refractivity contribution is 5.94. The van der Waals surface area contributed by atoms with Gasteiger partial charge in [0.1, 0.15) is 0 Å². The Morgan fingerprint density at radius 3 is 2.90 bits per heavy atom. The van der Waals surface area contributed by atoms with Crippen molar-refractivity contribution in [2.24, 2.45) is 0 Å². The normalized spacial score (nSPS) is 17.6. The third kappa shape index (κ3) is 3.03. The highest BCUT2D eigenvalue weighted by atomic mass is 16.2. The lowest BCUT2D eigenvalue weighted by Crippen LogP contribution is -2.43. The monoisotopic (exact) mass is 284 g/mol. The quantitative estimate of drug-likeness (QED) is 0.786. The molecule has 0 radical (unpaired) electrons. The zero-order valence-corrected chi connectivity index (χ0v) is 11.9. The predicted octanol–water partition coefficient (Wildman–Crippen LogP) is 1.59. The predicted molar refractivity (Wildman–Crippen MR) is 77.2 cm³/mol. The molecule has 1 atom stereocenters. The SMILES string of the molecule is CCNC(=O)c1cccc(C2NC(=O)NC(C)=C2C#N)c1. The number of carbonyl (C=O) groups excluding carboxylic acids is 2. The van der Waals surface area contributed by atoms with Crippen LogP contribution < -0.4 is 16.0 Å². The van der Waals surface area contributed by atoms with Gasteiger partial charge in [-0.25, -0.2) is 4.79 Å². The van der Waals surface area contributed by atoms with Crippen LogP contribution in [0.5, 0.6) is 0 Å². The number of nitrogens with one attached hydrogen (secondary N) is 3. The van der Waals surface area contributed by atoms with Crippen LogP contribution in [0.3, 0.4) is 0 Å². The van der Waals surface area contributed by atoms with Crippen LogP contribution >= 0.6 is 0 Å². The van der Waals surface area contributed by atoms with Gasteiger partial charge in [-0.2, -0.15) is 5.26 Å². The molecule has 1 heterocycles. The molecule has 0 fully saturated rings. The molecule has 6 nitrogen and oxygen atoms in total. The minimum atomic E-state index is -0.543. The van der Waals surface area contributed by atoms with Gasteiger partial charge >= 0.3 is 6.03 Å². The molecule has 3 amide bonds. The lowest BCUT2D eigenvalue weighted by molar-refractivity contribution is 0.0955. The van der Waals surface area contributed by atoms with Crippen LogP contribution in [0.1, 0.15) is 35.8 Å². The fourth-order valence-corrected chi connectivity index (χ4v) is 2.21. The molecule has 0 saturated carbocycles. The van der Waals surface area contributed by atoms with Crippen molar-refractivity contribution in [3.8, 4) is 6.07 Å². The maximum atomic E-state index is 11.9. The van der Waals surface area contributed by atoms with Crippen LogP contribution in [0.4, 0.5) is 4.79 Å². The molecule has 0 aromatic heterocycles. The summed E-state index contributed by atoms with van der Waals surface area (Å²) < 4.78 is 0. The molecule has 108 valence electrons. The standard InChI is InChI=1S/C15H16N4O2/c1-3-17-14(20)11-6-4-5-10(7-11)13-12(8-16)9(2)18-15(21)19-13/h4-7,13H,3H2,1-2H3,(H,17,20)(H2,18,19,21). The molecular formula is C15H16N4O2. The minimum absolute atomic E-state index is 0.182. The Labute approximate surface area is 122 Å². The number of benzene rings is 1. The fourth-order valence-electron chi connectivity index (χ4n) is 2.21. The molecule has 3 N–H and O–H groups in total. The molecule has 0 aliphatic carbocycles. The van der Waals surface area contributed by atoms with Crippen LogP contribution in [-0.2, 0) is 0 Å². The molecule has 21 heavy (non-hydrogen) atoms. The number of nitriles is 1. The first-order chi connectivity index (χ1) is 10.1. The summed E-state index contributed by atoms with van der Waals surface area (Å²) in [6.07, 6.45) is 0. The van der Waals surface area contributed by atoms with Crippen molar-refractivity contribution in [3.63, 3.8) is 0 Å². The van der Waals surface area contributed by atoms with E-state index in [1.54, 1.807) is 31.2 Å². The minimum Gasteiger partial charge on any atom is -0.352 e. The van der Waals surface area contributed by atoms with Gasteiger partial charge in [-0.3, -0.25) is 4.79 Å². The number of hydrogen-bond acceptors (Lipinski definition) is 3. The molecule has 6 heteroatoms. The average Bonchev–Trinajstić information content (AvgIpc) is 2.47. The first kappa shape index (κ1) is 14.6. The van der Waals surface area contributed by atoms with E-state index in [1.165, 1.54) is 0 Å². The summed E-state index contributed by atoms with van der Waals surface area (Å²) in [6.45, 7) is 4.06. The van der Waals surface area contributed by atoms with E-state index in [-0.39, 0.29) is 11.9 Å². The second-order valence-electron chi connectivity index (χ2n) is 4.67. The maximum absolute atomic E-state index is 11.9. The third-order valence-corrected chi connectivity index (χ3v) is 3.21. The molecule has 1 unspecified atom stereocenters. The molecular weight excluding hydrogens is 268 g/mol. The van der Waals surface area contributed by atoms with Gasteiger partial charge in [0.2, 0.25) is 0 Å². The Bertz CT molecular complexity index is 658. The fraction of sp³-hybridized carbons (Fsp3) is 0.267. The van der Waals surface area contributed by atoms with Gasteiger partial charge in [-0.1, -0.05) is 12.1 Å². The van der Waals surface area contributed by atoms with E-state index in [0.717, 1.165) is 0 Å². The van der Waals surface area contributed by atoms with Crippen LogP contribution in [0.15, 0.2) is 35.5 Å². The second-order valence-corrected chi connectivity index (χ2v) is 4.67. The Morgan fingerprint density at radius 2 is 2.24 bits per heavy atom. The zero-order chi connectivity index (χ0) is 15.4. The zero-order valence-electron chi connectivity index (χ0n) is 11.9. The van der Waals surface area contributed by atoms with Gasteiger partial charge in [-0.05, 0) is 31.5 Å². The lowest BCUT2D eigenvalue weighted by atomic mass is 9.95. The average molecular weight is 284 g/mol. The van der Waals surface area contributed by atoms with Crippen LogP contribution in [0.25, 0.3) is 0 Å². The number of hydrogen-bond donors (Lipinski definition) is 3. The summed E-state index contributed by atoms with van der Waals surface area (Å²) in [5, 5.41) is 17.2. The van der Waals surface area contributed by atoms with E-state index >= 15 is 0 Å². The van der Waals surface area contributed by atoms with Gasteiger partial charge < -0.3 is 16.0 Å². The van der Waals surface area contributed by atoms with Crippen molar-refractivity contribution < 1.29 is 9.59 Å². The van der Waals surface area contributed by atoms with Gasteiger partial charge in [0.05, 0.1) is 17.7 Å². The number of urea groups is 1. The second kappa shape index (κ2) is 6.09. The summed E-state index contributed by atoms with van der Waals surface area (Å²) in [6, 6.07) is 8.09. The maximum Gasteiger partial charge on any atom is 0.319 e. The van der Waals surface area contributed by atoms with Crippen LogP contribution in [0.2, 0.25) is 0 Å². The Balaban J connectivity index is 2.39. The summed E-state index contributed by atoms with van der Waals surface area (Å²) in [5.74, 6) is -0.182. The molecule has 1 aliphatic heterocycles. The molecule has 1 aromatic carbocycles. The van der Waals surface area contributed by atoms with Gasteiger partial charge in [0.15, 0.2) is 0 Å². The summed E-state index contributed by atoms with van der Waals surface area (Å²) in [5.41, 5.74) is 2.15. The third-order valence-electron chi connectivity index (χ3n) is 3.21. The van der Waals surface area contributed by atoms with Crippen molar-refractivity contribution in [1.82, 2.24) is 16.0 Å². The Morgan fingerprint density at radius 1 is 1.48 bits per heavy atom. The molecule has 0 spiro atoms. The summed E-state index contributed by atoms with van der Waals surface area (Å²) in [7, 11) is 0. The van der Waals surface area contributed by atoms with Crippen molar-refractivity contribution in [2.75, 3.05) is 6.54 Å². The highest BCUT2D eigenvalue weighted by Gasteiger charge is 2.26. The van der Waals surface area contributed by atoms with Crippen molar-refractivity contribution in [3.05, 3.63) is 46.7 Å². The van der Waals surface area contributed by atoms with E-state index in [0.29, 0.717) is 28.9 Å². The summed E-state index contributed by atoms with van der Waals surface area (Å²) >= 11 is 0. The van der Waals surface area contributed by atoms with Gasteiger partial charge in [0, 0.05) is 17.8 Å². The van der Waals surface area contributed by atoms with E-state index in [1.807, 2.05) is 6.92 Å². The number of allylic oxidation sites excluding steroid dienone is 1. The van der Waals surface area contributed by atoms with Crippen molar-refractivity contribution in [2.45, 2.75) is 19.9 Å². The van der Waals surface area contributed by atoms with Crippen LogP contribution in [-0.4, -0.2) is 18.5 Å². The molecule has 1 aliphatic rings. The largest absolute Gasteiger partial charge is 0.352 e. The molecule has 0 saturated heterocycles. The molecule has 0 bridgehead atoms. The van der Waals surface area contributed by atoms with E-state index < -0.39 is 6.04 Å². The van der Waals surface area contributed by atoms with Gasteiger partial charge in [-0.15, -0.1) is 0 Å². The van der Waals surface area contributed by atoms with Crippen LogP contribution in [0, 0.1) is 11.3 Å². The highest BCUT2D eigenvalue weighted by Crippen LogP contribution is 2.26. The van der Waals surface area contributed by atoms with E-state index in [9.17, 15) is 14.9 Å². The molecule has 2 rings (SSSR count). The Kier molecular flexibility index (Phi) is 4.24. The first-order valence-electron chi connectivity index (χ1n) is 6.63. The number of nitrogens with zero attached hydrogens (tertiary/aromatic N) is 1. The van der Waals surface area contributed by atoms with Crippen molar-refractivity contribution in [1.29, 1.82) is 5.26 Å².